The Bertz CT molecular complexity index is 575. The Morgan fingerprint density at radius 2 is 1.88 bits per heavy atom. The summed E-state index contributed by atoms with van der Waals surface area (Å²) in [6.45, 7) is 3.93. The fourth-order valence-corrected chi connectivity index (χ4v) is 2.26. The van der Waals surface area contributed by atoms with E-state index in [1.165, 1.54) is 24.3 Å². The van der Waals surface area contributed by atoms with Crippen molar-refractivity contribution in [3.05, 3.63) is 34.4 Å². The molecule has 0 aliphatic rings. The molecule has 0 saturated carbocycles. The number of benzene rings is 1. The van der Waals surface area contributed by atoms with Gasteiger partial charge >= 0.3 is 0 Å². The summed E-state index contributed by atoms with van der Waals surface area (Å²) in [4.78, 5) is 34.4. The van der Waals surface area contributed by atoms with Gasteiger partial charge in [0.15, 0.2) is 0 Å². The first kappa shape index (κ1) is 20.0. The number of thiol groups is 1. The third kappa shape index (κ3) is 6.99. The molecule has 0 aromatic heterocycles. The predicted octanol–water partition coefficient (Wildman–Crippen LogP) is 2.77. The van der Waals surface area contributed by atoms with Crippen LogP contribution in [0.3, 0.4) is 0 Å². The Kier molecular flexibility index (Phi) is 8.25. The summed E-state index contributed by atoms with van der Waals surface area (Å²) in [6, 6.07) is 4.92. The number of hydrogen-bond donors (Lipinski definition) is 3. The van der Waals surface area contributed by atoms with Crippen molar-refractivity contribution in [3.63, 3.8) is 0 Å². The monoisotopic (exact) mass is 353 g/mol. The minimum Gasteiger partial charge on any atom is -0.344 e. The van der Waals surface area contributed by atoms with Gasteiger partial charge in [-0.05, 0) is 36.6 Å². The molecule has 1 aromatic rings. The maximum Gasteiger partial charge on any atom is 0.269 e. The number of hydrogen-bond acceptors (Lipinski definition) is 5. The average Bonchev–Trinajstić information content (AvgIpc) is 2.52. The first-order valence-electron chi connectivity index (χ1n) is 7.79. The summed E-state index contributed by atoms with van der Waals surface area (Å²) in [5.74, 6) is 0.310. The number of nitro benzene ring substituents is 1. The van der Waals surface area contributed by atoms with E-state index in [4.69, 9.17) is 0 Å². The van der Waals surface area contributed by atoms with Gasteiger partial charge < -0.3 is 10.6 Å². The summed E-state index contributed by atoms with van der Waals surface area (Å²) >= 11 is 4.06. The van der Waals surface area contributed by atoms with Crippen LogP contribution < -0.4 is 10.6 Å². The van der Waals surface area contributed by atoms with E-state index in [0.29, 0.717) is 30.7 Å². The minimum absolute atomic E-state index is 0.0493. The van der Waals surface area contributed by atoms with Gasteiger partial charge in [-0.15, -0.1) is 0 Å². The van der Waals surface area contributed by atoms with Gasteiger partial charge in [-0.2, -0.15) is 12.6 Å². The van der Waals surface area contributed by atoms with Crippen molar-refractivity contribution in [2.45, 2.75) is 39.2 Å². The highest BCUT2D eigenvalue weighted by Crippen LogP contribution is 2.16. The molecule has 24 heavy (non-hydrogen) atoms. The van der Waals surface area contributed by atoms with E-state index in [1.54, 1.807) is 0 Å². The molecule has 2 N–H and O–H groups in total. The van der Waals surface area contributed by atoms with E-state index in [9.17, 15) is 19.7 Å². The van der Waals surface area contributed by atoms with Crippen molar-refractivity contribution < 1.29 is 14.5 Å². The molecule has 1 aromatic carbocycles. The Hall–Kier alpha value is -2.09. The van der Waals surface area contributed by atoms with Gasteiger partial charge in [0.2, 0.25) is 11.8 Å². The van der Waals surface area contributed by atoms with Crippen LogP contribution in [0.15, 0.2) is 24.3 Å². The second kappa shape index (κ2) is 9.92. The topological polar surface area (TPSA) is 101 Å². The number of nitrogens with one attached hydrogen (secondary N) is 2. The highest BCUT2D eigenvalue weighted by atomic mass is 32.1. The summed E-state index contributed by atoms with van der Waals surface area (Å²) in [5.41, 5.74) is 0.399. The highest BCUT2D eigenvalue weighted by molar-refractivity contribution is 7.80. The summed E-state index contributed by atoms with van der Waals surface area (Å²) in [5, 5.41) is 16.1. The second-order valence-corrected chi connectivity index (χ2v) is 6.32. The standard InChI is InChI=1S/C16H23N3O4S/c1-11(2)10-14(18-15(20)4-3-9-24)16(21)17-12-5-7-13(8-6-12)19(22)23/h5-8,11,14,24H,3-4,9-10H2,1-2H3,(H,17,21)(H,18,20)/t14-/m0/s1. The molecule has 0 aliphatic carbocycles. The molecule has 0 radical (unpaired) electrons. The summed E-state index contributed by atoms with van der Waals surface area (Å²) in [6.07, 6.45) is 1.47. The third-order valence-corrected chi connectivity index (χ3v) is 3.58. The summed E-state index contributed by atoms with van der Waals surface area (Å²) < 4.78 is 0. The Balaban J connectivity index is 2.72. The number of carbonyl (C=O) groups is 2. The molecule has 0 fully saturated rings. The van der Waals surface area contributed by atoms with Crippen molar-refractivity contribution in [2.75, 3.05) is 11.1 Å². The highest BCUT2D eigenvalue weighted by Gasteiger charge is 2.22. The fraction of sp³-hybridized carbons (Fsp3) is 0.500. The van der Waals surface area contributed by atoms with Crippen LogP contribution in [-0.4, -0.2) is 28.5 Å². The van der Waals surface area contributed by atoms with E-state index in [1.807, 2.05) is 13.8 Å². The SMILES string of the molecule is CC(C)C[C@H](NC(=O)CCCS)C(=O)Nc1ccc([N+](=O)[O-])cc1. The van der Waals surface area contributed by atoms with Crippen molar-refractivity contribution in [3.8, 4) is 0 Å². The number of nitro groups is 1. The molecule has 0 saturated heterocycles. The van der Waals surface area contributed by atoms with Gasteiger partial charge in [0.25, 0.3) is 5.69 Å². The van der Waals surface area contributed by atoms with Crippen LogP contribution >= 0.6 is 12.6 Å². The molecule has 0 unspecified atom stereocenters. The molecule has 0 aliphatic heterocycles. The van der Waals surface area contributed by atoms with Gasteiger partial charge in [-0.1, -0.05) is 13.8 Å². The molecular formula is C16H23N3O4S. The maximum atomic E-state index is 12.4. The number of anilines is 1. The first-order chi connectivity index (χ1) is 11.3. The average molecular weight is 353 g/mol. The van der Waals surface area contributed by atoms with Crippen LogP contribution in [0.1, 0.15) is 33.1 Å². The minimum atomic E-state index is -0.646. The van der Waals surface area contributed by atoms with Crippen LogP contribution in [0, 0.1) is 16.0 Å². The predicted molar refractivity (Wildman–Crippen MR) is 96.2 cm³/mol. The first-order valence-corrected chi connectivity index (χ1v) is 8.42. The van der Waals surface area contributed by atoms with E-state index < -0.39 is 11.0 Å². The van der Waals surface area contributed by atoms with Crippen molar-refractivity contribution in [1.29, 1.82) is 0 Å². The number of non-ortho nitro benzene ring substituents is 1. The van der Waals surface area contributed by atoms with E-state index in [0.717, 1.165) is 0 Å². The second-order valence-electron chi connectivity index (χ2n) is 5.87. The normalized spacial score (nSPS) is 11.8. The van der Waals surface area contributed by atoms with Gasteiger partial charge in [0.1, 0.15) is 6.04 Å². The van der Waals surface area contributed by atoms with Crippen LogP contribution in [0.25, 0.3) is 0 Å². The lowest BCUT2D eigenvalue weighted by Crippen LogP contribution is -2.44. The zero-order chi connectivity index (χ0) is 18.1. The molecule has 0 bridgehead atoms. The van der Waals surface area contributed by atoms with Crippen LogP contribution in [0.5, 0.6) is 0 Å². The number of amides is 2. The molecule has 7 nitrogen and oxygen atoms in total. The molecule has 0 heterocycles. The molecule has 0 spiro atoms. The molecule has 8 heteroatoms. The lowest BCUT2D eigenvalue weighted by atomic mass is 10.0. The third-order valence-electron chi connectivity index (χ3n) is 3.27. The van der Waals surface area contributed by atoms with E-state index in [-0.39, 0.29) is 23.4 Å². The fourth-order valence-electron chi connectivity index (χ4n) is 2.10. The number of nitrogens with zero attached hydrogens (tertiary/aromatic N) is 1. The van der Waals surface area contributed by atoms with E-state index >= 15 is 0 Å². The van der Waals surface area contributed by atoms with Gasteiger partial charge in [0, 0.05) is 24.2 Å². The molecule has 1 rings (SSSR count). The van der Waals surface area contributed by atoms with Gasteiger partial charge in [-0.25, -0.2) is 0 Å². The zero-order valence-electron chi connectivity index (χ0n) is 13.8. The van der Waals surface area contributed by atoms with Crippen molar-refractivity contribution in [1.82, 2.24) is 5.32 Å². The summed E-state index contributed by atoms with van der Waals surface area (Å²) in [7, 11) is 0. The van der Waals surface area contributed by atoms with Gasteiger partial charge in [-0.3, -0.25) is 19.7 Å². The van der Waals surface area contributed by atoms with Crippen LogP contribution in [0.4, 0.5) is 11.4 Å². The molecule has 1 atom stereocenters. The lowest BCUT2D eigenvalue weighted by molar-refractivity contribution is -0.384. The van der Waals surface area contributed by atoms with Crippen LogP contribution in [0.2, 0.25) is 0 Å². The zero-order valence-corrected chi connectivity index (χ0v) is 14.7. The maximum absolute atomic E-state index is 12.4. The Labute approximate surface area is 146 Å². The molecular weight excluding hydrogens is 330 g/mol. The smallest absolute Gasteiger partial charge is 0.269 e. The van der Waals surface area contributed by atoms with Crippen LogP contribution in [-0.2, 0) is 9.59 Å². The molecule has 2 amide bonds. The Morgan fingerprint density at radius 3 is 2.38 bits per heavy atom. The van der Waals surface area contributed by atoms with Crippen molar-refractivity contribution in [2.24, 2.45) is 5.92 Å². The molecule has 132 valence electrons. The largest absolute Gasteiger partial charge is 0.344 e. The van der Waals surface area contributed by atoms with Gasteiger partial charge in [0.05, 0.1) is 4.92 Å². The quantitative estimate of drug-likeness (QED) is 0.361. The lowest BCUT2D eigenvalue weighted by Gasteiger charge is -2.20. The van der Waals surface area contributed by atoms with E-state index in [2.05, 4.69) is 23.3 Å². The van der Waals surface area contributed by atoms with Crippen molar-refractivity contribution >= 4 is 35.8 Å². The Morgan fingerprint density at radius 1 is 1.25 bits per heavy atom. The number of rotatable bonds is 9. The number of carbonyl (C=O) groups excluding carboxylic acids is 2.